The minimum Gasteiger partial charge on any atom is -0.211 e. The predicted octanol–water partition coefficient (Wildman–Crippen LogP) is 2.92. The minimum absolute atomic E-state index is 0.320. The van der Waals surface area contributed by atoms with Crippen LogP contribution in [-0.2, 0) is 10.0 Å². The molecule has 2 rings (SSSR count). The van der Waals surface area contributed by atoms with Gasteiger partial charge < -0.3 is 0 Å². The molecule has 1 fully saturated rings. The fourth-order valence-corrected chi connectivity index (χ4v) is 3.54. The summed E-state index contributed by atoms with van der Waals surface area (Å²) in [5, 5.41) is 0. The molecule has 0 aliphatic heterocycles. The van der Waals surface area contributed by atoms with Crippen molar-refractivity contribution in [2.24, 2.45) is 5.92 Å². The molecule has 0 bridgehead atoms. The van der Waals surface area contributed by atoms with Crippen molar-refractivity contribution < 1.29 is 8.42 Å². The van der Waals surface area contributed by atoms with Gasteiger partial charge in [0.15, 0.2) is 0 Å². The monoisotopic (exact) mass is 317 g/mol. The highest BCUT2D eigenvalue weighted by Crippen LogP contribution is 2.28. The fourth-order valence-electron chi connectivity index (χ4n) is 1.90. The number of hydrogen-bond acceptors (Lipinski definition) is 2. The van der Waals surface area contributed by atoms with Crippen LogP contribution in [-0.4, -0.2) is 15.0 Å². The highest BCUT2D eigenvalue weighted by atomic mass is 79.9. The van der Waals surface area contributed by atoms with Crippen molar-refractivity contribution >= 4 is 26.0 Å². The smallest absolute Gasteiger partial charge is 0.211 e. The van der Waals surface area contributed by atoms with E-state index in [1.165, 1.54) is 19.3 Å². The molecule has 0 radical (unpaired) electrons. The van der Waals surface area contributed by atoms with Crippen molar-refractivity contribution in [3.05, 3.63) is 28.7 Å². The summed E-state index contributed by atoms with van der Waals surface area (Å²) in [6.07, 6.45) is 4.74. The summed E-state index contributed by atoms with van der Waals surface area (Å²) in [6, 6.07) is 6.76. The van der Waals surface area contributed by atoms with E-state index >= 15 is 0 Å². The predicted molar refractivity (Wildman–Crippen MR) is 71.3 cm³/mol. The Kier molecular flexibility index (Phi) is 4.22. The number of sulfonamides is 1. The Balaban J connectivity index is 1.93. The first-order chi connectivity index (χ1) is 8.08. The Morgan fingerprint density at radius 3 is 2.71 bits per heavy atom. The highest BCUT2D eigenvalue weighted by molar-refractivity contribution is 9.10. The van der Waals surface area contributed by atoms with Crippen LogP contribution in [0.4, 0.5) is 0 Å². The lowest BCUT2D eigenvalue weighted by atomic mass is 9.83. The molecular formula is C12H16BrNO2S. The summed E-state index contributed by atoms with van der Waals surface area (Å²) in [5.74, 6) is 0.722. The van der Waals surface area contributed by atoms with E-state index in [4.69, 9.17) is 0 Å². The van der Waals surface area contributed by atoms with Gasteiger partial charge in [-0.1, -0.05) is 41.3 Å². The number of nitrogens with one attached hydrogen (secondary N) is 1. The second kappa shape index (κ2) is 5.50. The zero-order valence-electron chi connectivity index (χ0n) is 9.52. The lowest BCUT2D eigenvalue weighted by Crippen LogP contribution is -2.27. The average molecular weight is 318 g/mol. The molecular weight excluding hydrogens is 302 g/mol. The van der Waals surface area contributed by atoms with Crippen LogP contribution in [0.3, 0.4) is 0 Å². The average Bonchev–Trinajstić information content (AvgIpc) is 2.22. The van der Waals surface area contributed by atoms with Crippen LogP contribution in [0.15, 0.2) is 33.6 Å². The Bertz CT molecular complexity index is 483. The van der Waals surface area contributed by atoms with Crippen LogP contribution in [0.2, 0.25) is 0 Å². The van der Waals surface area contributed by atoms with Crippen molar-refractivity contribution in [3.8, 4) is 0 Å². The van der Waals surface area contributed by atoms with E-state index in [9.17, 15) is 8.42 Å². The first-order valence-corrected chi connectivity index (χ1v) is 8.11. The molecule has 1 aliphatic carbocycles. The van der Waals surface area contributed by atoms with Crippen LogP contribution in [0.25, 0.3) is 0 Å². The van der Waals surface area contributed by atoms with Crippen molar-refractivity contribution in [3.63, 3.8) is 0 Å². The molecule has 0 heterocycles. The highest BCUT2D eigenvalue weighted by Gasteiger charge is 2.19. The summed E-state index contributed by atoms with van der Waals surface area (Å²) >= 11 is 3.27. The summed E-state index contributed by atoms with van der Waals surface area (Å²) in [4.78, 5) is 0.320. The Morgan fingerprint density at radius 1 is 1.35 bits per heavy atom. The first-order valence-electron chi connectivity index (χ1n) is 5.83. The van der Waals surface area contributed by atoms with Gasteiger partial charge in [-0.25, -0.2) is 13.1 Å². The molecule has 17 heavy (non-hydrogen) atoms. The number of halogens is 1. The molecule has 0 unspecified atom stereocenters. The van der Waals surface area contributed by atoms with Crippen LogP contribution in [0.5, 0.6) is 0 Å². The van der Waals surface area contributed by atoms with Crippen molar-refractivity contribution in [1.82, 2.24) is 4.72 Å². The van der Waals surface area contributed by atoms with Crippen molar-refractivity contribution in [2.45, 2.75) is 30.6 Å². The maximum atomic E-state index is 11.9. The lowest BCUT2D eigenvalue weighted by molar-refractivity contribution is 0.297. The molecule has 5 heteroatoms. The van der Waals surface area contributed by atoms with Gasteiger partial charge in [0.25, 0.3) is 0 Å². The van der Waals surface area contributed by atoms with Gasteiger partial charge in [0, 0.05) is 11.0 Å². The van der Waals surface area contributed by atoms with Gasteiger partial charge in [0.05, 0.1) is 4.90 Å². The van der Waals surface area contributed by atoms with E-state index in [-0.39, 0.29) is 0 Å². The third-order valence-electron chi connectivity index (χ3n) is 3.18. The molecule has 0 spiro atoms. The molecule has 1 N–H and O–H groups in total. The van der Waals surface area contributed by atoms with Crippen LogP contribution >= 0.6 is 15.9 Å². The first kappa shape index (κ1) is 13.1. The van der Waals surface area contributed by atoms with E-state index in [1.807, 2.05) is 6.07 Å². The van der Waals surface area contributed by atoms with E-state index < -0.39 is 10.0 Å². The molecule has 0 saturated heterocycles. The molecule has 0 aromatic heterocycles. The Labute approximate surface area is 111 Å². The zero-order chi connectivity index (χ0) is 12.3. The SMILES string of the molecule is O=S(=O)(NCCC1CCC1)c1cccc(Br)c1. The summed E-state index contributed by atoms with van der Waals surface area (Å²) in [7, 11) is -3.34. The van der Waals surface area contributed by atoms with Gasteiger partial charge in [-0.15, -0.1) is 0 Å². The lowest BCUT2D eigenvalue weighted by Gasteiger charge is -2.25. The summed E-state index contributed by atoms with van der Waals surface area (Å²) < 4.78 is 27.3. The molecule has 1 aliphatic rings. The standard InChI is InChI=1S/C12H16BrNO2S/c13-11-5-2-6-12(9-11)17(15,16)14-8-7-10-3-1-4-10/h2,5-6,9-10,14H,1,3-4,7-8H2. The van der Waals surface area contributed by atoms with Gasteiger partial charge in [0.2, 0.25) is 10.0 Å². The van der Waals surface area contributed by atoms with Crippen LogP contribution < -0.4 is 4.72 Å². The molecule has 1 saturated carbocycles. The summed E-state index contributed by atoms with van der Waals surface area (Å²) in [6.45, 7) is 0.541. The Morgan fingerprint density at radius 2 is 2.12 bits per heavy atom. The van der Waals surface area contributed by atoms with Crippen molar-refractivity contribution in [2.75, 3.05) is 6.54 Å². The fraction of sp³-hybridized carbons (Fsp3) is 0.500. The van der Waals surface area contributed by atoms with Gasteiger partial charge in [-0.2, -0.15) is 0 Å². The maximum Gasteiger partial charge on any atom is 0.240 e. The third kappa shape index (κ3) is 3.53. The molecule has 1 aromatic rings. The second-order valence-electron chi connectivity index (χ2n) is 4.44. The number of rotatable bonds is 5. The molecule has 3 nitrogen and oxygen atoms in total. The molecule has 0 atom stereocenters. The maximum absolute atomic E-state index is 11.9. The number of benzene rings is 1. The zero-order valence-corrected chi connectivity index (χ0v) is 11.9. The topological polar surface area (TPSA) is 46.2 Å². The normalized spacial score (nSPS) is 16.8. The van der Waals surface area contributed by atoms with Crippen LogP contribution in [0, 0.1) is 5.92 Å². The Hall–Kier alpha value is -0.390. The van der Waals surface area contributed by atoms with E-state index in [1.54, 1.807) is 18.2 Å². The minimum atomic E-state index is -3.34. The molecule has 1 aromatic carbocycles. The quantitative estimate of drug-likeness (QED) is 0.907. The van der Waals surface area contributed by atoms with Crippen molar-refractivity contribution in [1.29, 1.82) is 0 Å². The number of hydrogen-bond donors (Lipinski definition) is 1. The largest absolute Gasteiger partial charge is 0.240 e. The van der Waals surface area contributed by atoms with E-state index in [0.717, 1.165) is 16.8 Å². The second-order valence-corrected chi connectivity index (χ2v) is 7.12. The molecule has 94 valence electrons. The van der Waals surface area contributed by atoms with E-state index in [0.29, 0.717) is 11.4 Å². The van der Waals surface area contributed by atoms with Crippen LogP contribution in [0.1, 0.15) is 25.7 Å². The van der Waals surface area contributed by atoms with Gasteiger partial charge >= 0.3 is 0 Å². The summed E-state index contributed by atoms with van der Waals surface area (Å²) in [5.41, 5.74) is 0. The van der Waals surface area contributed by atoms with Gasteiger partial charge in [0.1, 0.15) is 0 Å². The van der Waals surface area contributed by atoms with Gasteiger partial charge in [-0.3, -0.25) is 0 Å². The van der Waals surface area contributed by atoms with Gasteiger partial charge in [-0.05, 0) is 30.5 Å². The van der Waals surface area contributed by atoms with E-state index in [2.05, 4.69) is 20.7 Å². The third-order valence-corrected chi connectivity index (χ3v) is 5.13. The molecule has 0 amide bonds.